The molecule has 0 aliphatic heterocycles. The SMILES string of the molecule is ClC(Br)(Br)c1ccccc1Br. The first kappa shape index (κ1) is 10.0. The minimum atomic E-state index is -0.667. The van der Waals surface area contributed by atoms with Crippen LogP contribution in [0.3, 0.4) is 0 Å². The molecule has 0 bridgehead atoms. The fraction of sp³-hybridized carbons (Fsp3) is 0.143. The maximum Gasteiger partial charge on any atom is 0.179 e. The van der Waals surface area contributed by atoms with Gasteiger partial charge in [-0.1, -0.05) is 45.7 Å². The van der Waals surface area contributed by atoms with Crippen LogP contribution in [0.5, 0.6) is 0 Å². The fourth-order valence-corrected chi connectivity index (χ4v) is 2.78. The van der Waals surface area contributed by atoms with E-state index in [0.717, 1.165) is 10.0 Å². The second-order valence-corrected chi connectivity index (χ2v) is 7.76. The van der Waals surface area contributed by atoms with E-state index >= 15 is 0 Å². The molecule has 60 valence electrons. The van der Waals surface area contributed by atoms with Crippen molar-refractivity contribution in [2.75, 3.05) is 0 Å². The molecule has 1 aromatic rings. The topological polar surface area (TPSA) is 0 Å². The minimum absolute atomic E-state index is 0.667. The Hall–Kier alpha value is 0.950. The summed E-state index contributed by atoms with van der Waals surface area (Å²) in [4.78, 5) is 0. The number of alkyl halides is 3. The van der Waals surface area contributed by atoms with Crippen LogP contribution in [0.15, 0.2) is 28.7 Å². The molecule has 0 aliphatic carbocycles. The van der Waals surface area contributed by atoms with Gasteiger partial charge >= 0.3 is 0 Å². The van der Waals surface area contributed by atoms with E-state index < -0.39 is 2.69 Å². The van der Waals surface area contributed by atoms with Crippen LogP contribution in [0.1, 0.15) is 5.56 Å². The lowest BCUT2D eigenvalue weighted by atomic mass is 10.2. The van der Waals surface area contributed by atoms with Crippen molar-refractivity contribution in [1.82, 2.24) is 0 Å². The number of hydrogen-bond acceptors (Lipinski definition) is 0. The summed E-state index contributed by atoms with van der Waals surface area (Å²) in [5.74, 6) is 0. The predicted octanol–water partition coefficient (Wildman–Crippen LogP) is 4.59. The lowest BCUT2D eigenvalue weighted by Gasteiger charge is -2.13. The molecule has 4 heteroatoms. The molecule has 11 heavy (non-hydrogen) atoms. The smallest absolute Gasteiger partial charge is 0.0885 e. The van der Waals surface area contributed by atoms with Gasteiger partial charge in [0, 0.05) is 10.0 Å². The first-order chi connectivity index (χ1) is 5.02. The van der Waals surface area contributed by atoms with Gasteiger partial charge in [0.25, 0.3) is 0 Å². The van der Waals surface area contributed by atoms with Crippen LogP contribution < -0.4 is 0 Å². The monoisotopic (exact) mass is 360 g/mol. The summed E-state index contributed by atoms with van der Waals surface area (Å²) >= 11 is 15.9. The summed E-state index contributed by atoms with van der Waals surface area (Å²) < 4.78 is 0.309. The van der Waals surface area contributed by atoms with Crippen LogP contribution in [0.25, 0.3) is 0 Å². The molecule has 1 rings (SSSR count). The number of rotatable bonds is 1. The molecule has 0 fully saturated rings. The number of benzene rings is 1. The van der Waals surface area contributed by atoms with Gasteiger partial charge in [-0.3, -0.25) is 0 Å². The molecule has 0 heterocycles. The van der Waals surface area contributed by atoms with Gasteiger partial charge in [0.05, 0.1) is 0 Å². The van der Waals surface area contributed by atoms with Crippen molar-refractivity contribution in [3.8, 4) is 0 Å². The Kier molecular flexibility index (Phi) is 3.44. The molecule has 0 saturated heterocycles. The van der Waals surface area contributed by atoms with Crippen molar-refractivity contribution in [3.63, 3.8) is 0 Å². The van der Waals surface area contributed by atoms with Gasteiger partial charge < -0.3 is 0 Å². The molecule has 0 radical (unpaired) electrons. The molecule has 1 aromatic carbocycles. The van der Waals surface area contributed by atoms with Gasteiger partial charge in [0.1, 0.15) is 0 Å². The Bertz CT molecular complexity index is 254. The molecule has 0 spiro atoms. The summed E-state index contributed by atoms with van der Waals surface area (Å²) in [5, 5.41) is 0. The second kappa shape index (κ2) is 3.77. The predicted molar refractivity (Wildman–Crippen MR) is 59.5 cm³/mol. The van der Waals surface area contributed by atoms with Gasteiger partial charge in [-0.2, -0.15) is 0 Å². The Morgan fingerprint density at radius 3 is 2.09 bits per heavy atom. The Labute approximate surface area is 95.7 Å². The van der Waals surface area contributed by atoms with Crippen molar-refractivity contribution in [2.45, 2.75) is 2.69 Å². The molecule has 0 atom stereocenters. The zero-order valence-electron chi connectivity index (χ0n) is 5.32. The summed E-state index contributed by atoms with van der Waals surface area (Å²) in [5.41, 5.74) is 0.960. The third-order valence-electron chi connectivity index (χ3n) is 1.18. The lowest BCUT2D eigenvalue weighted by Crippen LogP contribution is -1.98. The van der Waals surface area contributed by atoms with E-state index in [2.05, 4.69) is 47.8 Å². The highest BCUT2D eigenvalue weighted by Gasteiger charge is 2.23. The van der Waals surface area contributed by atoms with Gasteiger partial charge in [-0.05, 0) is 37.9 Å². The summed E-state index contributed by atoms with van der Waals surface area (Å²) in [6.45, 7) is 0. The fourth-order valence-electron chi connectivity index (χ4n) is 0.691. The highest BCUT2D eigenvalue weighted by Crippen LogP contribution is 2.44. The van der Waals surface area contributed by atoms with Crippen LogP contribution in [0, 0.1) is 0 Å². The van der Waals surface area contributed by atoms with E-state index in [4.69, 9.17) is 11.6 Å². The van der Waals surface area contributed by atoms with Crippen LogP contribution in [0.4, 0.5) is 0 Å². The van der Waals surface area contributed by atoms with E-state index in [1.54, 1.807) is 0 Å². The maximum atomic E-state index is 5.97. The van der Waals surface area contributed by atoms with Crippen molar-refractivity contribution >= 4 is 59.4 Å². The molecule has 0 amide bonds. The van der Waals surface area contributed by atoms with E-state index in [9.17, 15) is 0 Å². The quantitative estimate of drug-likeness (QED) is 0.641. The average molecular weight is 363 g/mol. The van der Waals surface area contributed by atoms with Gasteiger partial charge in [0.2, 0.25) is 0 Å². The number of hydrogen-bond donors (Lipinski definition) is 0. The zero-order chi connectivity index (χ0) is 8.48. The Morgan fingerprint density at radius 1 is 1.18 bits per heavy atom. The van der Waals surface area contributed by atoms with Crippen molar-refractivity contribution in [2.24, 2.45) is 0 Å². The van der Waals surface area contributed by atoms with Gasteiger partial charge in [-0.15, -0.1) is 0 Å². The first-order valence-electron chi connectivity index (χ1n) is 2.83. The van der Waals surface area contributed by atoms with Crippen LogP contribution in [-0.4, -0.2) is 0 Å². The van der Waals surface area contributed by atoms with Crippen molar-refractivity contribution < 1.29 is 0 Å². The zero-order valence-corrected chi connectivity index (χ0v) is 10.8. The van der Waals surface area contributed by atoms with Crippen molar-refractivity contribution in [1.29, 1.82) is 0 Å². The number of halogens is 4. The van der Waals surface area contributed by atoms with Crippen molar-refractivity contribution in [3.05, 3.63) is 34.3 Å². The minimum Gasteiger partial charge on any atom is -0.0885 e. The van der Waals surface area contributed by atoms with Gasteiger partial charge in [0.15, 0.2) is 2.69 Å². The second-order valence-electron chi connectivity index (χ2n) is 1.98. The average Bonchev–Trinajstić information content (AvgIpc) is 1.86. The van der Waals surface area contributed by atoms with E-state index in [1.165, 1.54) is 0 Å². The standard InChI is InChI=1S/C7H4Br3Cl/c8-6-4-2-1-3-5(6)7(9,10)11/h1-4H. The normalized spacial score (nSPS) is 11.6. The molecule has 0 aliphatic rings. The highest BCUT2D eigenvalue weighted by atomic mass is 79.9. The van der Waals surface area contributed by atoms with Crippen LogP contribution in [-0.2, 0) is 2.69 Å². The molecule has 0 unspecified atom stereocenters. The maximum absolute atomic E-state index is 5.97. The largest absolute Gasteiger partial charge is 0.179 e. The molecule has 0 saturated carbocycles. The first-order valence-corrected chi connectivity index (χ1v) is 5.59. The van der Waals surface area contributed by atoms with Crippen LogP contribution in [0.2, 0.25) is 0 Å². The highest BCUT2D eigenvalue weighted by molar-refractivity contribution is 9.25. The third-order valence-corrected chi connectivity index (χ3v) is 2.93. The molecule has 0 nitrogen and oxygen atoms in total. The summed E-state index contributed by atoms with van der Waals surface area (Å²) in [6.07, 6.45) is 0. The van der Waals surface area contributed by atoms with Crippen LogP contribution >= 0.6 is 59.4 Å². The molecule has 0 aromatic heterocycles. The summed E-state index contributed by atoms with van der Waals surface area (Å²) in [6, 6.07) is 7.74. The molecular weight excluding hydrogens is 359 g/mol. The Morgan fingerprint density at radius 2 is 1.73 bits per heavy atom. The third kappa shape index (κ3) is 2.72. The molecule has 0 N–H and O–H groups in total. The Balaban J connectivity index is 3.14. The summed E-state index contributed by atoms with van der Waals surface area (Å²) in [7, 11) is 0. The lowest BCUT2D eigenvalue weighted by molar-refractivity contribution is 1.30. The van der Waals surface area contributed by atoms with E-state index in [0.29, 0.717) is 0 Å². The van der Waals surface area contributed by atoms with Gasteiger partial charge in [-0.25, -0.2) is 0 Å². The van der Waals surface area contributed by atoms with E-state index in [-0.39, 0.29) is 0 Å². The molecular formula is C7H4Br3Cl. The van der Waals surface area contributed by atoms with E-state index in [1.807, 2.05) is 24.3 Å².